The maximum absolute atomic E-state index is 12.1. The lowest BCUT2D eigenvalue weighted by molar-refractivity contribution is -0.128. The third-order valence-electron chi connectivity index (χ3n) is 4.00. The van der Waals surface area contributed by atoms with Gasteiger partial charge in [-0.15, -0.1) is 0 Å². The van der Waals surface area contributed by atoms with Crippen molar-refractivity contribution in [3.05, 3.63) is 29.3 Å². The third-order valence-corrected chi connectivity index (χ3v) is 4.00. The van der Waals surface area contributed by atoms with Crippen molar-refractivity contribution in [3.8, 4) is 5.75 Å². The predicted octanol–water partition coefficient (Wildman–Crippen LogP) is 3.05. The Bertz CT molecular complexity index is 539. The van der Waals surface area contributed by atoms with E-state index in [2.05, 4.69) is 6.92 Å². The van der Waals surface area contributed by atoms with Gasteiger partial charge in [-0.1, -0.05) is 13.3 Å². The molecule has 0 bridgehead atoms. The minimum absolute atomic E-state index is 0.0264. The molecule has 114 valence electrons. The standard InChI is InChI=1S/C17H23NO3/c1-4-13-8-17(20)18(10-13)11-15-9-14(12(3)19)6-7-16(15)21-5-2/h6-7,9,13H,4-5,8,10-11H2,1-3H3. The van der Waals surface area contributed by atoms with Crippen molar-refractivity contribution in [1.82, 2.24) is 4.90 Å². The molecule has 0 N–H and O–H groups in total. The van der Waals surface area contributed by atoms with E-state index < -0.39 is 0 Å². The summed E-state index contributed by atoms with van der Waals surface area (Å²) in [6.07, 6.45) is 1.65. The number of nitrogens with zero attached hydrogens (tertiary/aromatic N) is 1. The normalized spacial score (nSPS) is 18.1. The first kappa shape index (κ1) is 15.5. The molecule has 1 aliphatic rings. The quantitative estimate of drug-likeness (QED) is 0.756. The van der Waals surface area contributed by atoms with E-state index in [1.807, 2.05) is 24.0 Å². The van der Waals surface area contributed by atoms with E-state index >= 15 is 0 Å². The smallest absolute Gasteiger partial charge is 0.223 e. The number of Topliss-reactive ketones (excluding diaryl/α,β-unsaturated/α-hetero) is 1. The minimum atomic E-state index is 0.0264. The SMILES string of the molecule is CCOc1ccc(C(C)=O)cc1CN1CC(CC)CC1=O. The molecule has 1 fully saturated rings. The average Bonchev–Trinajstić information content (AvgIpc) is 2.81. The fraction of sp³-hybridized carbons (Fsp3) is 0.529. The average molecular weight is 289 g/mol. The van der Waals surface area contributed by atoms with Gasteiger partial charge in [-0.25, -0.2) is 0 Å². The molecule has 1 atom stereocenters. The van der Waals surface area contributed by atoms with Crippen LogP contribution >= 0.6 is 0 Å². The van der Waals surface area contributed by atoms with Gasteiger partial charge in [0, 0.05) is 30.6 Å². The van der Waals surface area contributed by atoms with Gasteiger partial charge in [0.05, 0.1) is 6.61 Å². The summed E-state index contributed by atoms with van der Waals surface area (Å²) >= 11 is 0. The Morgan fingerprint density at radius 1 is 1.38 bits per heavy atom. The van der Waals surface area contributed by atoms with Gasteiger partial charge in [0.1, 0.15) is 5.75 Å². The number of carbonyl (C=O) groups is 2. The van der Waals surface area contributed by atoms with Gasteiger partial charge in [-0.3, -0.25) is 9.59 Å². The van der Waals surface area contributed by atoms with Crippen molar-refractivity contribution in [3.63, 3.8) is 0 Å². The molecule has 1 aromatic carbocycles. The molecular weight excluding hydrogens is 266 g/mol. The van der Waals surface area contributed by atoms with Gasteiger partial charge in [-0.05, 0) is 38.0 Å². The second-order valence-corrected chi connectivity index (χ2v) is 5.56. The van der Waals surface area contributed by atoms with Gasteiger partial charge in [-0.2, -0.15) is 0 Å². The molecule has 2 rings (SSSR count). The summed E-state index contributed by atoms with van der Waals surface area (Å²) < 4.78 is 5.62. The molecule has 1 aromatic rings. The van der Waals surface area contributed by atoms with Gasteiger partial charge >= 0.3 is 0 Å². The Labute approximate surface area is 126 Å². The molecule has 4 heteroatoms. The fourth-order valence-electron chi connectivity index (χ4n) is 2.70. The minimum Gasteiger partial charge on any atom is -0.494 e. The zero-order chi connectivity index (χ0) is 15.4. The first-order valence-corrected chi connectivity index (χ1v) is 7.59. The second kappa shape index (κ2) is 6.74. The predicted molar refractivity (Wildman–Crippen MR) is 81.4 cm³/mol. The zero-order valence-electron chi connectivity index (χ0n) is 13.0. The van der Waals surface area contributed by atoms with Crippen molar-refractivity contribution in [2.75, 3.05) is 13.2 Å². The molecule has 0 aromatic heterocycles. The molecule has 1 unspecified atom stereocenters. The topological polar surface area (TPSA) is 46.6 Å². The number of benzene rings is 1. The molecule has 0 radical (unpaired) electrons. The fourth-order valence-corrected chi connectivity index (χ4v) is 2.70. The summed E-state index contributed by atoms with van der Waals surface area (Å²) in [4.78, 5) is 25.5. The highest BCUT2D eigenvalue weighted by molar-refractivity contribution is 5.94. The molecule has 21 heavy (non-hydrogen) atoms. The lowest BCUT2D eigenvalue weighted by Gasteiger charge is -2.19. The van der Waals surface area contributed by atoms with Crippen LogP contribution in [0, 0.1) is 5.92 Å². The first-order chi connectivity index (χ1) is 10.0. The maximum Gasteiger partial charge on any atom is 0.223 e. The van der Waals surface area contributed by atoms with Crippen LogP contribution in [0.1, 0.15) is 49.5 Å². The highest BCUT2D eigenvalue weighted by Gasteiger charge is 2.28. The Hall–Kier alpha value is -1.84. The highest BCUT2D eigenvalue weighted by Crippen LogP contribution is 2.27. The largest absolute Gasteiger partial charge is 0.494 e. The van der Waals surface area contributed by atoms with Gasteiger partial charge < -0.3 is 9.64 Å². The van der Waals surface area contributed by atoms with Crippen LogP contribution in [0.4, 0.5) is 0 Å². The number of ketones is 1. The molecule has 1 heterocycles. The van der Waals surface area contributed by atoms with E-state index in [-0.39, 0.29) is 11.7 Å². The van der Waals surface area contributed by atoms with Crippen molar-refractivity contribution >= 4 is 11.7 Å². The van der Waals surface area contributed by atoms with Crippen LogP contribution in [-0.2, 0) is 11.3 Å². The van der Waals surface area contributed by atoms with E-state index in [1.54, 1.807) is 13.0 Å². The van der Waals surface area contributed by atoms with Crippen molar-refractivity contribution < 1.29 is 14.3 Å². The lowest BCUT2D eigenvalue weighted by atomic mass is 10.1. The molecule has 1 aliphatic heterocycles. The van der Waals surface area contributed by atoms with Crippen LogP contribution in [0.3, 0.4) is 0 Å². The number of hydrogen-bond acceptors (Lipinski definition) is 3. The molecule has 1 amide bonds. The van der Waals surface area contributed by atoms with Gasteiger partial charge in [0.25, 0.3) is 0 Å². The van der Waals surface area contributed by atoms with E-state index in [0.29, 0.717) is 31.1 Å². The van der Waals surface area contributed by atoms with Gasteiger partial charge in [0.2, 0.25) is 5.91 Å². The highest BCUT2D eigenvalue weighted by atomic mass is 16.5. The van der Waals surface area contributed by atoms with E-state index in [0.717, 1.165) is 24.3 Å². The number of amides is 1. The van der Waals surface area contributed by atoms with Crippen LogP contribution in [-0.4, -0.2) is 29.7 Å². The van der Waals surface area contributed by atoms with Crippen LogP contribution in [0.2, 0.25) is 0 Å². The Kier molecular flexibility index (Phi) is 4.99. The van der Waals surface area contributed by atoms with E-state index in [4.69, 9.17) is 4.74 Å². The van der Waals surface area contributed by atoms with Crippen molar-refractivity contribution in [2.24, 2.45) is 5.92 Å². The summed E-state index contributed by atoms with van der Waals surface area (Å²) in [6.45, 7) is 7.47. The van der Waals surface area contributed by atoms with E-state index in [1.165, 1.54) is 0 Å². The molecule has 0 saturated carbocycles. The number of likely N-dealkylation sites (tertiary alicyclic amines) is 1. The summed E-state index contributed by atoms with van der Waals surface area (Å²) in [5.41, 5.74) is 1.57. The lowest BCUT2D eigenvalue weighted by Crippen LogP contribution is -2.25. The first-order valence-electron chi connectivity index (χ1n) is 7.59. The molecule has 1 saturated heterocycles. The Morgan fingerprint density at radius 2 is 2.14 bits per heavy atom. The van der Waals surface area contributed by atoms with Crippen LogP contribution < -0.4 is 4.74 Å². The van der Waals surface area contributed by atoms with E-state index in [9.17, 15) is 9.59 Å². The number of hydrogen-bond donors (Lipinski definition) is 0. The Balaban J connectivity index is 2.22. The molecule has 4 nitrogen and oxygen atoms in total. The summed E-state index contributed by atoms with van der Waals surface area (Å²) in [5, 5.41) is 0. The Morgan fingerprint density at radius 3 is 2.71 bits per heavy atom. The molecule has 0 aliphatic carbocycles. The summed E-state index contributed by atoms with van der Waals surface area (Å²) in [7, 11) is 0. The van der Waals surface area contributed by atoms with Crippen LogP contribution in [0.15, 0.2) is 18.2 Å². The zero-order valence-corrected chi connectivity index (χ0v) is 13.0. The number of carbonyl (C=O) groups excluding carboxylic acids is 2. The maximum atomic E-state index is 12.1. The summed E-state index contributed by atoms with van der Waals surface area (Å²) in [6, 6.07) is 5.45. The van der Waals surface area contributed by atoms with Crippen LogP contribution in [0.5, 0.6) is 5.75 Å². The van der Waals surface area contributed by atoms with Crippen molar-refractivity contribution in [2.45, 2.75) is 40.2 Å². The van der Waals surface area contributed by atoms with Crippen molar-refractivity contribution in [1.29, 1.82) is 0 Å². The monoisotopic (exact) mass is 289 g/mol. The van der Waals surface area contributed by atoms with Gasteiger partial charge in [0.15, 0.2) is 5.78 Å². The third kappa shape index (κ3) is 3.63. The summed E-state index contributed by atoms with van der Waals surface area (Å²) in [5.74, 6) is 1.43. The second-order valence-electron chi connectivity index (χ2n) is 5.56. The molecular formula is C17H23NO3. The number of rotatable bonds is 6. The number of ether oxygens (including phenoxy) is 1. The van der Waals surface area contributed by atoms with Crippen LogP contribution in [0.25, 0.3) is 0 Å². The molecule has 0 spiro atoms.